The number of Topliss-reactive ketones (excluding diaryl/α,β-unsaturated/α-hetero) is 6. The van der Waals surface area contributed by atoms with E-state index in [1.54, 1.807) is 34.6 Å². The molecular formula is C70H112FN15O15. The maximum Gasteiger partial charge on any atom is 0.239 e. The third-order valence-corrected chi connectivity index (χ3v) is 17.9. The molecule has 0 saturated heterocycles. The van der Waals surface area contributed by atoms with E-state index in [9.17, 15) is 71.9 Å². The van der Waals surface area contributed by atoms with Crippen molar-refractivity contribution in [2.45, 2.75) is 228 Å². The molecule has 9 amide bonds. The van der Waals surface area contributed by atoms with E-state index in [4.69, 9.17) is 22.9 Å². The van der Waals surface area contributed by atoms with Crippen molar-refractivity contribution < 1.29 is 76.3 Å². The molecule has 0 aliphatic rings. The second-order valence-corrected chi connectivity index (χ2v) is 27.9. The average Bonchev–Trinajstić information content (AvgIpc) is 1.08. The van der Waals surface area contributed by atoms with Gasteiger partial charge in [-0.3, -0.25) is 71.9 Å². The predicted octanol–water partition coefficient (Wildman–Crippen LogP) is 1.85. The topological polar surface area (TPSA) is 499 Å². The molecule has 0 bridgehead atoms. The highest BCUT2D eigenvalue weighted by atomic mass is 19.1. The number of carbonyl (C=O) groups excluding carboxylic acids is 15. The number of ketones is 6. The van der Waals surface area contributed by atoms with Crippen LogP contribution in [0, 0.1) is 58.6 Å². The van der Waals surface area contributed by atoms with Gasteiger partial charge in [0.1, 0.15) is 11.6 Å². The van der Waals surface area contributed by atoms with Gasteiger partial charge >= 0.3 is 0 Å². The molecule has 0 aliphatic carbocycles. The number of aromatic amines is 1. The van der Waals surface area contributed by atoms with Crippen molar-refractivity contribution in [2.75, 3.05) is 26.2 Å². The average molecular weight is 1420 g/mol. The van der Waals surface area contributed by atoms with E-state index in [1.807, 2.05) is 13.8 Å². The van der Waals surface area contributed by atoms with Gasteiger partial charge in [-0.25, -0.2) is 4.39 Å². The lowest BCUT2D eigenvalue weighted by atomic mass is 9.76. The second-order valence-electron chi connectivity index (χ2n) is 27.9. The van der Waals surface area contributed by atoms with Gasteiger partial charge in [0.05, 0.1) is 48.7 Å². The zero-order chi connectivity index (χ0) is 76.3. The van der Waals surface area contributed by atoms with Crippen molar-refractivity contribution in [1.82, 2.24) is 57.8 Å². The van der Waals surface area contributed by atoms with E-state index < -0.39 is 198 Å². The lowest BCUT2D eigenvalue weighted by molar-refractivity contribution is -0.139. The van der Waals surface area contributed by atoms with E-state index in [0.717, 1.165) is 6.07 Å². The van der Waals surface area contributed by atoms with Crippen molar-refractivity contribution in [3.8, 4) is 0 Å². The normalized spacial score (nSPS) is 15.2. The Morgan fingerprint density at radius 2 is 1.11 bits per heavy atom. The molecule has 0 spiro atoms. The maximum atomic E-state index is 15.5. The number of carbonyl (C=O) groups is 15. The van der Waals surface area contributed by atoms with Crippen LogP contribution in [0.15, 0.2) is 24.3 Å². The maximum absolute atomic E-state index is 15.5. The van der Waals surface area contributed by atoms with Gasteiger partial charge < -0.3 is 60.2 Å². The number of aromatic nitrogens is 4. The van der Waals surface area contributed by atoms with Gasteiger partial charge in [0.15, 0.2) is 34.7 Å². The monoisotopic (exact) mass is 1420 g/mol. The minimum Gasteiger partial charge on any atom is -0.370 e. The Labute approximate surface area is 591 Å². The fourth-order valence-corrected chi connectivity index (χ4v) is 11.6. The van der Waals surface area contributed by atoms with Crippen LogP contribution >= 0.6 is 0 Å². The molecule has 0 saturated carbocycles. The Bertz CT molecular complexity index is 3130. The number of hydrogen-bond acceptors (Lipinski definition) is 20. The summed E-state index contributed by atoms with van der Waals surface area (Å²) in [6.45, 7) is 17.5. The molecule has 564 valence electrons. The molecule has 2 aromatic rings. The summed E-state index contributed by atoms with van der Waals surface area (Å²) in [6.07, 6.45) is -1.29. The van der Waals surface area contributed by atoms with E-state index in [-0.39, 0.29) is 93.5 Å². The molecule has 2 rings (SSSR count). The Balaban J connectivity index is 2.43. The van der Waals surface area contributed by atoms with Gasteiger partial charge in [-0.1, -0.05) is 105 Å². The smallest absolute Gasteiger partial charge is 0.239 e. The van der Waals surface area contributed by atoms with E-state index in [1.165, 1.54) is 45.9 Å². The standard InChI is InChI=1S/C70H112FN15O15/c1-12-41(6)63(81-68(100)47(20-16-18-28-73)32-54(89)52(34-60-83-85-86-84-60)80-64(96)42(7)29-39(2)3)55(90)30-43(8)65(97)79-51(24-26-59(75)94)53(88)31-46(19-15-17-27-72)67(99)78-45(10)57(92)36-70(11,35-49-21-13-14-22-50(49)71)69(101)82-62(40(4)5)56(91)33-48(23-25-58(74)93)66(98)77-38-61(95)76-37-44(9)87/h13-14,21-22,39-43,45-48,51-52,62-63H,12,15-20,23-38,72-73H2,1-11H3,(H2,74,93)(H2,75,94)(H,76,95)(H,77,98)(H,78,99)(H,79,97)(H,80,96)(H,81,100)(H,82,101)(H,83,84,85,86)/t41-,42-,43+,45-,46+,47+,48+,51-,52-,62-,63-,70+/m0/s1. The van der Waals surface area contributed by atoms with Gasteiger partial charge in [0.2, 0.25) is 53.2 Å². The molecule has 0 fully saturated rings. The Kier molecular flexibility index (Phi) is 39.7. The summed E-state index contributed by atoms with van der Waals surface area (Å²) in [7, 11) is 0. The summed E-state index contributed by atoms with van der Waals surface area (Å²) in [5.41, 5.74) is 20.7. The van der Waals surface area contributed by atoms with Crippen LogP contribution in [-0.4, -0.2) is 165 Å². The fraction of sp³-hybridized carbons (Fsp3) is 0.686. The molecule has 0 unspecified atom stereocenters. The van der Waals surface area contributed by atoms with Gasteiger partial charge in [-0.05, 0) is 108 Å². The number of rotatable bonds is 53. The molecule has 16 N–H and O–H groups in total. The molecule has 101 heavy (non-hydrogen) atoms. The fourth-order valence-electron chi connectivity index (χ4n) is 11.6. The summed E-state index contributed by atoms with van der Waals surface area (Å²) >= 11 is 0. The number of nitrogens with one attached hydrogen (secondary N) is 8. The third-order valence-electron chi connectivity index (χ3n) is 17.9. The summed E-state index contributed by atoms with van der Waals surface area (Å²) < 4.78 is 15.5. The number of primary amides is 2. The highest BCUT2D eigenvalue weighted by molar-refractivity contribution is 6.00. The zero-order valence-corrected chi connectivity index (χ0v) is 60.7. The first-order chi connectivity index (χ1) is 47.5. The number of tetrazole rings is 1. The highest BCUT2D eigenvalue weighted by Gasteiger charge is 2.42. The van der Waals surface area contributed by atoms with Crippen LogP contribution < -0.4 is 60.2 Å². The second kappa shape index (κ2) is 45.3. The lowest BCUT2D eigenvalue weighted by Crippen LogP contribution is -2.53. The first-order valence-electron chi connectivity index (χ1n) is 35.1. The minimum atomic E-state index is -1.83. The molecule has 1 aromatic carbocycles. The number of H-pyrrole nitrogens is 1. The van der Waals surface area contributed by atoms with E-state index in [2.05, 4.69) is 57.8 Å². The SMILES string of the molecule is CC[C@H](C)[C@H](NC(=O)[C@H](CCCCN)CC(=O)[C@H](Cc1nn[nH]n1)NC(=O)[C@@H](C)CC(C)C)C(=O)C[C@@H](C)C(=O)N[C@@H](CCC(N)=O)C(=O)C[C@@H](CCCCN)C(=O)N[C@@H](C)C(=O)C[C@@](C)(Cc1ccccc1F)C(=O)N[C@H](C(=O)C[C@@H](CCC(N)=O)C(=O)NCC(=O)NCC(C)=O)C(C)C. The number of nitrogens with two attached hydrogens (primary N) is 4. The number of halogens is 1. The zero-order valence-electron chi connectivity index (χ0n) is 60.7. The summed E-state index contributed by atoms with van der Waals surface area (Å²) in [5, 5.41) is 32.2. The number of nitrogens with zero attached hydrogens (tertiary/aromatic N) is 3. The number of benzene rings is 1. The number of amides is 9. The van der Waals surface area contributed by atoms with Crippen molar-refractivity contribution in [2.24, 2.45) is 75.7 Å². The van der Waals surface area contributed by atoms with Gasteiger partial charge in [-0.2, -0.15) is 5.21 Å². The lowest BCUT2D eigenvalue weighted by Gasteiger charge is -2.33. The van der Waals surface area contributed by atoms with Crippen molar-refractivity contribution >= 4 is 87.9 Å². The first-order valence-corrected chi connectivity index (χ1v) is 35.1. The molecule has 1 aromatic heterocycles. The van der Waals surface area contributed by atoms with Gasteiger partial charge in [-0.15, -0.1) is 10.2 Å². The molecule has 12 atom stereocenters. The number of unbranched alkanes of at least 4 members (excludes halogenated alkanes) is 2. The predicted molar refractivity (Wildman–Crippen MR) is 371 cm³/mol. The molecule has 31 heteroatoms. The summed E-state index contributed by atoms with van der Waals surface area (Å²) in [5.74, 6) is -16.4. The van der Waals surface area contributed by atoms with E-state index in [0.29, 0.717) is 45.1 Å². The van der Waals surface area contributed by atoms with Gasteiger partial charge in [0, 0.05) is 81.0 Å². The van der Waals surface area contributed by atoms with Crippen LogP contribution in [-0.2, 0) is 84.8 Å². The van der Waals surface area contributed by atoms with Crippen LogP contribution in [0.4, 0.5) is 4.39 Å². The Morgan fingerprint density at radius 3 is 1.64 bits per heavy atom. The largest absolute Gasteiger partial charge is 0.370 e. The Hall–Kier alpha value is -8.61. The third kappa shape index (κ3) is 32.7. The van der Waals surface area contributed by atoms with Crippen molar-refractivity contribution in [1.29, 1.82) is 0 Å². The van der Waals surface area contributed by atoms with E-state index >= 15 is 4.39 Å². The Morgan fingerprint density at radius 1 is 0.574 bits per heavy atom. The van der Waals surface area contributed by atoms with Crippen LogP contribution in [0.2, 0.25) is 0 Å². The highest BCUT2D eigenvalue weighted by Crippen LogP contribution is 2.31. The molecule has 0 aliphatic heterocycles. The quantitative estimate of drug-likeness (QED) is 0.0420. The minimum absolute atomic E-state index is 0.0273. The van der Waals surface area contributed by atoms with Crippen LogP contribution in [0.1, 0.15) is 197 Å². The van der Waals surface area contributed by atoms with Crippen LogP contribution in [0.5, 0.6) is 0 Å². The summed E-state index contributed by atoms with van der Waals surface area (Å²) in [4.78, 5) is 204. The molecular weight excluding hydrogens is 1310 g/mol. The molecule has 30 nitrogen and oxygen atoms in total. The number of hydrogen-bond donors (Lipinski definition) is 12. The molecule has 0 radical (unpaired) electrons. The molecule has 1 heterocycles. The summed E-state index contributed by atoms with van der Waals surface area (Å²) in [6, 6.07) is -0.860. The first kappa shape index (κ1) is 88.5. The van der Waals surface area contributed by atoms with Crippen molar-refractivity contribution in [3.05, 3.63) is 41.5 Å². The van der Waals surface area contributed by atoms with Gasteiger partial charge in [0.25, 0.3) is 0 Å². The van der Waals surface area contributed by atoms with Crippen LogP contribution in [0.25, 0.3) is 0 Å². The van der Waals surface area contributed by atoms with Crippen molar-refractivity contribution in [3.63, 3.8) is 0 Å². The van der Waals surface area contributed by atoms with Crippen LogP contribution in [0.3, 0.4) is 0 Å².